The van der Waals surface area contributed by atoms with Gasteiger partial charge in [0.15, 0.2) is 0 Å². The lowest BCUT2D eigenvalue weighted by atomic mass is 9.77. The largest absolute Gasteiger partial charge is 0.508 e. The summed E-state index contributed by atoms with van der Waals surface area (Å²) in [4.78, 5) is 0. The molecule has 0 aliphatic rings. The maximum Gasteiger partial charge on any atom is 0.123 e. The summed E-state index contributed by atoms with van der Waals surface area (Å²) in [6, 6.07) is 26.3. The van der Waals surface area contributed by atoms with Gasteiger partial charge in [0.05, 0.1) is 0 Å². The van der Waals surface area contributed by atoms with E-state index in [1.807, 2.05) is 83.1 Å². The van der Waals surface area contributed by atoms with Crippen molar-refractivity contribution in [3.05, 3.63) is 141 Å². The molecule has 0 aliphatic carbocycles. The minimum atomic E-state index is -0.411. The highest BCUT2D eigenvalue weighted by Crippen LogP contribution is 2.38. The lowest BCUT2D eigenvalue weighted by Gasteiger charge is -2.27. The smallest absolute Gasteiger partial charge is 0.123 e. The standard InChI is InChI=1S/C23H24O3.C15H16O3/c1-14-4-6-21(24)17(8-14)12-19-10-16(3)11-20(23(19)26)13-18-9-15(2)5-7-22(18)25;1-15(2,10-3-5-11(16)6-4-10)13-8-7-12(17)9-14(13)18/h4-11,24-26H,12-13H2,1-3H3;3-9,16-18H,1-2H3. The fourth-order valence-electron chi connectivity index (χ4n) is 5.41. The van der Waals surface area contributed by atoms with Gasteiger partial charge in [0, 0.05) is 29.9 Å². The first-order valence-corrected chi connectivity index (χ1v) is 14.4. The van der Waals surface area contributed by atoms with Crippen LogP contribution in [0.5, 0.6) is 34.5 Å². The highest BCUT2D eigenvalue weighted by atomic mass is 16.3. The Bertz CT molecular complexity index is 1700. The zero-order valence-electron chi connectivity index (χ0n) is 25.8. The zero-order valence-corrected chi connectivity index (χ0v) is 25.8. The molecule has 0 radical (unpaired) electrons. The van der Waals surface area contributed by atoms with Gasteiger partial charge in [-0.05, 0) is 78.9 Å². The van der Waals surface area contributed by atoms with E-state index in [1.165, 1.54) is 6.07 Å². The molecule has 0 aromatic heterocycles. The second-order valence-corrected chi connectivity index (χ2v) is 11.9. The van der Waals surface area contributed by atoms with E-state index in [9.17, 15) is 30.6 Å². The van der Waals surface area contributed by atoms with Gasteiger partial charge in [0.1, 0.15) is 34.5 Å². The van der Waals surface area contributed by atoms with E-state index in [-0.39, 0.29) is 34.5 Å². The van der Waals surface area contributed by atoms with Gasteiger partial charge in [0.2, 0.25) is 0 Å². The number of aryl methyl sites for hydroxylation is 3. The van der Waals surface area contributed by atoms with Gasteiger partial charge in [-0.15, -0.1) is 0 Å². The van der Waals surface area contributed by atoms with Crippen LogP contribution in [0.25, 0.3) is 0 Å². The molecule has 0 bridgehead atoms. The summed E-state index contributed by atoms with van der Waals surface area (Å²) in [6.07, 6.45) is 0.904. The Morgan fingerprint density at radius 2 is 0.909 bits per heavy atom. The maximum absolute atomic E-state index is 10.8. The van der Waals surface area contributed by atoms with Gasteiger partial charge in [-0.3, -0.25) is 0 Å². The highest BCUT2D eigenvalue weighted by molar-refractivity contribution is 5.51. The number of phenolic OH excluding ortho intramolecular Hbond substituents is 6. The van der Waals surface area contributed by atoms with E-state index in [0.717, 1.165) is 50.1 Å². The summed E-state index contributed by atoms with van der Waals surface area (Å²) < 4.78 is 0. The van der Waals surface area contributed by atoms with Gasteiger partial charge < -0.3 is 30.6 Å². The maximum atomic E-state index is 10.8. The van der Waals surface area contributed by atoms with E-state index in [1.54, 1.807) is 36.4 Å². The zero-order chi connectivity index (χ0) is 32.2. The number of aromatic hydroxyl groups is 6. The summed E-state index contributed by atoms with van der Waals surface area (Å²) in [6.45, 7) is 9.89. The van der Waals surface area contributed by atoms with Crippen molar-refractivity contribution >= 4 is 0 Å². The molecule has 6 heteroatoms. The fourth-order valence-corrected chi connectivity index (χ4v) is 5.41. The molecule has 5 rings (SSSR count). The third-order valence-corrected chi connectivity index (χ3v) is 7.89. The summed E-state index contributed by atoms with van der Waals surface area (Å²) in [5.74, 6) is 0.997. The molecule has 0 heterocycles. The molecule has 0 aliphatic heterocycles. The molecule has 6 nitrogen and oxygen atoms in total. The second kappa shape index (κ2) is 13.0. The molecule has 0 unspecified atom stereocenters. The number of hydrogen-bond donors (Lipinski definition) is 6. The SMILES string of the molecule is CC(C)(c1ccc(O)cc1)c1ccc(O)cc1O.Cc1ccc(O)c(Cc2cc(C)cc(Cc3cc(C)ccc3O)c2O)c1. The topological polar surface area (TPSA) is 121 Å². The van der Waals surface area contributed by atoms with E-state index < -0.39 is 5.41 Å². The van der Waals surface area contributed by atoms with E-state index in [2.05, 4.69) is 0 Å². The van der Waals surface area contributed by atoms with Gasteiger partial charge in [-0.2, -0.15) is 0 Å². The Morgan fingerprint density at radius 1 is 0.455 bits per heavy atom. The predicted molar refractivity (Wildman–Crippen MR) is 174 cm³/mol. The van der Waals surface area contributed by atoms with Crippen LogP contribution >= 0.6 is 0 Å². The van der Waals surface area contributed by atoms with Crippen LogP contribution in [0, 0.1) is 20.8 Å². The molecular formula is C38H40O6. The Hall–Kier alpha value is -5.10. The van der Waals surface area contributed by atoms with Crippen LogP contribution in [0.15, 0.2) is 91.0 Å². The number of hydrogen-bond acceptors (Lipinski definition) is 6. The number of rotatable bonds is 6. The lowest BCUT2D eigenvalue weighted by molar-refractivity contribution is 0.436. The van der Waals surface area contributed by atoms with Crippen LogP contribution in [0.1, 0.15) is 63.9 Å². The highest BCUT2D eigenvalue weighted by Gasteiger charge is 2.26. The van der Waals surface area contributed by atoms with Gasteiger partial charge in [0.25, 0.3) is 0 Å². The molecule has 0 fully saturated rings. The monoisotopic (exact) mass is 592 g/mol. The molecule has 0 atom stereocenters. The molecule has 228 valence electrons. The fraction of sp³-hybridized carbons (Fsp3) is 0.211. The first-order valence-electron chi connectivity index (χ1n) is 14.4. The molecular weight excluding hydrogens is 552 g/mol. The van der Waals surface area contributed by atoms with Crippen molar-refractivity contribution in [2.75, 3.05) is 0 Å². The quantitative estimate of drug-likeness (QED) is 0.119. The average molecular weight is 593 g/mol. The van der Waals surface area contributed by atoms with Crippen molar-refractivity contribution in [1.29, 1.82) is 0 Å². The first kappa shape index (κ1) is 31.8. The van der Waals surface area contributed by atoms with Gasteiger partial charge >= 0.3 is 0 Å². The van der Waals surface area contributed by atoms with Crippen LogP contribution in [0.4, 0.5) is 0 Å². The Labute approximate surface area is 258 Å². The van der Waals surface area contributed by atoms with Crippen LogP contribution in [0.2, 0.25) is 0 Å². The van der Waals surface area contributed by atoms with Crippen molar-refractivity contribution in [2.24, 2.45) is 0 Å². The van der Waals surface area contributed by atoms with Crippen LogP contribution < -0.4 is 0 Å². The minimum Gasteiger partial charge on any atom is -0.508 e. The second-order valence-electron chi connectivity index (χ2n) is 11.9. The van der Waals surface area contributed by atoms with E-state index >= 15 is 0 Å². The average Bonchev–Trinajstić information content (AvgIpc) is 2.95. The molecule has 0 saturated carbocycles. The Morgan fingerprint density at radius 3 is 1.39 bits per heavy atom. The van der Waals surface area contributed by atoms with Crippen LogP contribution in [0.3, 0.4) is 0 Å². The van der Waals surface area contributed by atoms with Crippen molar-refractivity contribution in [3.8, 4) is 34.5 Å². The lowest BCUT2D eigenvalue weighted by Crippen LogP contribution is -2.18. The third kappa shape index (κ3) is 7.45. The van der Waals surface area contributed by atoms with E-state index in [4.69, 9.17) is 0 Å². The Kier molecular flexibility index (Phi) is 9.43. The van der Waals surface area contributed by atoms with Crippen molar-refractivity contribution in [1.82, 2.24) is 0 Å². The number of benzene rings is 5. The molecule has 0 spiro atoms. The Balaban J connectivity index is 0.000000215. The van der Waals surface area contributed by atoms with Crippen molar-refractivity contribution in [2.45, 2.75) is 52.9 Å². The van der Waals surface area contributed by atoms with Crippen molar-refractivity contribution < 1.29 is 30.6 Å². The summed E-state index contributed by atoms with van der Waals surface area (Å²) in [7, 11) is 0. The first-order chi connectivity index (χ1) is 20.7. The van der Waals surface area contributed by atoms with Gasteiger partial charge in [-0.25, -0.2) is 0 Å². The summed E-state index contributed by atoms with van der Waals surface area (Å²) in [5.41, 5.74) is 7.57. The summed E-state index contributed by atoms with van der Waals surface area (Å²) in [5, 5.41) is 59.6. The molecule has 0 amide bonds. The summed E-state index contributed by atoms with van der Waals surface area (Å²) >= 11 is 0. The van der Waals surface area contributed by atoms with Crippen molar-refractivity contribution in [3.63, 3.8) is 0 Å². The molecule has 0 saturated heterocycles. The third-order valence-electron chi connectivity index (χ3n) is 7.89. The molecule has 5 aromatic rings. The normalized spacial score (nSPS) is 11.1. The van der Waals surface area contributed by atoms with Crippen LogP contribution in [-0.4, -0.2) is 30.6 Å². The van der Waals surface area contributed by atoms with E-state index in [0.29, 0.717) is 12.8 Å². The minimum absolute atomic E-state index is 0.0396. The molecule has 6 N–H and O–H groups in total. The predicted octanol–water partition coefficient (Wildman–Crippen LogP) is 8.04. The number of phenols is 6. The van der Waals surface area contributed by atoms with Crippen LogP contribution in [-0.2, 0) is 18.3 Å². The molecule has 44 heavy (non-hydrogen) atoms. The van der Waals surface area contributed by atoms with Gasteiger partial charge in [-0.1, -0.05) is 85.1 Å². The molecule has 5 aromatic carbocycles.